The number of nitrogens with zero attached hydrogens (tertiary/aromatic N) is 1. The summed E-state index contributed by atoms with van der Waals surface area (Å²) in [6, 6.07) is 10.2. The standard InChI is InChI=1S/C22H23N/c1-23-22(20-12-6-3-7-13-20)16-15-18-9-8-14-21(17-18)19-10-4-2-5-11-19/h3-4,6-7,9-13,16-17H,1-2,5,8,14-15H2/b22-16-. The minimum absolute atomic E-state index is 0.906. The fourth-order valence-corrected chi connectivity index (χ4v) is 3.09. The first kappa shape index (κ1) is 15.5. The third-order valence-corrected chi connectivity index (χ3v) is 4.32. The fraction of sp³-hybridized carbons (Fsp3) is 0.227. The zero-order valence-corrected chi connectivity index (χ0v) is 13.5. The highest BCUT2D eigenvalue weighted by Crippen LogP contribution is 2.29. The molecule has 1 aromatic carbocycles. The maximum atomic E-state index is 4.19. The topological polar surface area (TPSA) is 12.4 Å². The first-order chi connectivity index (χ1) is 11.4. The number of hydrogen-bond donors (Lipinski definition) is 0. The summed E-state index contributed by atoms with van der Waals surface area (Å²) in [5.41, 5.74) is 6.35. The zero-order valence-electron chi connectivity index (χ0n) is 13.5. The highest BCUT2D eigenvalue weighted by Gasteiger charge is 2.09. The molecular formula is C22H23N. The molecule has 116 valence electrons. The first-order valence-corrected chi connectivity index (χ1v) is 8.36. The number of benzene rings is 1. The van der Waals surface area contributed by atoms with E-state index in [4.69, 9.17) is 0 Å². The molecule has 3 rings (SSSR count). The van der Waals surface area contributed by atoms with Crippen LogP contribution in [0.2, 0.25) is 0 Å². The molecule has 0 fully saturated rings. The molecule has 1 nitrogen and oxygen atoms in total. The highest BCUT2D eigenvalue weighted by molar-refractivity contribution is 5.68. The van der Waals surface area contributed by atoms with Crippen LogP contribution in [0.15, 0.2) is 88.5 Å². The Kier molecular flexibility index (Phi) is 5.21. The molecule has 23 heavy (non-hydrogen) atoms. The van der Waals surface area contributed by atoms with E-state index in [1.807, 2.05) is 18.2 Å². The average Bonchev–Trinajstić information content (AvgIpc) is 2.64. The van der Waals surface area contributed by atoms with Crippen LogP contribution >= 0.6 is 0 Å². The van der Waals surface area contributed by atoms with Gasteiger partial charge in [0.1, 0.15) is 0 Å². The predicted octanol–water partition coefficient (Wildman–Crippen LogP) is 6.04. The van der Waals surface area contributed by atoms with Crippen molar-refractivity contribution in [3.05, 3.63) is 89.1 Å². The summed E-state index contributed by atoms with van der Waals surface area (Å²) in [4.78, 5) is 4.19. The summed E-state index contributed by atoms with van der Waals surface area (Å²) < 4.78 is 0. The van der Waals surface area contributed by atoms with Gasteiger partial charge in [0.15, 0.2) is 0 Å². The lowest BCUT2D eigenvalue weighted by atomic mass is 9.90. The van der Waals surface area contributed by atoms with Crippen LogP contribution in [0.25, 0.3) is 5.70 Å². The molecule has 2 aliphatic rings. The SMILES string of the molecule is C=N/C(=C\CC1=CCCC(C2=CCCC=C2)=C1)c1ccccc1. The number of hydrogen-bond acceptors (Lipinski definition) is 1. The first-order valence-electron chi connectivity index (χ1n) is 8.36. The van der Waals surface area contributed by atoms with E-state index in [0.717, 1.165) is 30.5 Å². The lowest BCUT2D eigenvalue weighted by Gasteiger charge is -2.16. The van der Waals surface area contributed by atoms with Crippen molar-refractivity contribution in [3.63, 3.8) is 0 Å². The van der Waals surface area contributed by atoms with Gasteiger partial charge in [-0.15, -0.1) is 0 Å². The van der Waals surface area contributed by atoms with Crippen LogP contribution in [-0.2, 0) is 0 Å². The van der Waals surface area contributed by atoms with E-state index in [-0.39, 0.29) is 0 Å². The fourth-order valence-electron chi connectivity index (χ4n) is 3.09. The van der Waals surface area contributed by atoms with Crippen LogP contribution in [-0.4, -0.2) is 6.72 Å². The Morgan fingerprint density at radius 3 is 2.70 bits per heavy atom. The van der Waals surface area contributed by atoms with Crippen LogP contribution in [0.3, 0.4) is 0 Å². The summed E-state index contributed by atoms with van der Waals surface area (Å²) in [5.74, 6) is 0. The average molecular weight is 301 g/mol. The lowest BCUT2D eigenvalue weighted by Crippen LogP contribution is -1.97. The maximum absolute atomic E-state index is 4.19. The summed E-state index contributed by atoms with van der Waals surface area (Å²) >= 11 is 0. The van der Waals surface area contributed by atoms with Gasteiger partial charge in [-0.3, -0.25) is 4.99 Å². The largest absolute Gasteiger partial charge is 0.264 e. The van der Waals surface area contributed by atoms with Crippen LogP contribution in [0.4, 0.5) is 0 Å². The predicted molar refractivity (Wildman–Crippen MR) is 100 cm³/mol. The van der Waals surface area contributed by atoms with E-state index in [0.29, 0.717) is 0 Å². The summed E-state index contributed by atoms with van der Waals surface area (Å²) in [6.45, 7) is 3.72. The second-order valence-electron chi connectivity index (χ2n) is 5.94. The maximum Gasteiger partial charge on any atom is 0.0658 e. The minimum atomic E-state index is 0.906. The molecule has 0 saturated heterocycles. The Morgan fingerprint density at radius 1 is 1.09 bits per heavy atom. The van der Waals surface area contributed by atoms with Crippen molar-refractivity contribution in [3.8, 4) is 0 Å². The molecule has 0 amide bonds. The Morgan fingerprint density at radius 2 is 1.96 bits per heavy atom. The van der Waals surface area contributed by atoms with Gasteiger partial charge in [0.25, 0.3) is 0 Å². The van der Waals surface area contributed by atoms with Crippen LogP contribution < -0.4 is 0 Å². The molecule has 0 saturated carbocycles. The Labute approximate surface area is 139 Å². The molecule has 0 spiro atoms. The van der Waals surface area contributed by atoms with Crippen LogP contribution in [0.5, 0.6) is 0 Å². The van der Waals surface area contributed by atoms with Gasteiger partial charge < -0.3 is 0 Å². The zero-order chi connectivity index (χ0) is 15.9. The van der Waals surface area contributed by atoms with E-state index < -0.39 is 0 Å². The Balaban J connectivity index is 1.74. The molecule has 2 aliphatic carbocycles. The van der Waals surface area contributed by atoms with Crippen molar-refractivity contribution < 1.29 is 0 Å². The number of allylic oxidation sites excluding steroid dienone is 9. The van der Waals surface area contributed by atoms with Crippen molar-refractivity contribution in [1.82, 2.24) is 0 Å². The normalized spacial score (nSPS) is 18.1. The third-order valence-electron chi connectivity index (χ3n) is 4.32. The van der Waals surface area contributed by atoms with Gasteiger partial charge in [-0.2, -0.15) is 0 Å². The molecule has 0 aromatic heterocycles. The monoisotopic (exact) mass is 301 g/mol. The lowest BCUT2D eigenvalue weighted by molar-refractivity contribution is 0.932. The highest BCUT2D eigenvalue weighted by atomic mass is 14.7. The van der Waals surface area contributed by atoms with Crippen molar-refractivity contribution in [2.75, 3.05) is 0 Å². The second kappa shape index (κ2) is 7.73. The van der Waals surface area contributed by atoms with Crippen LogP contribution in [0, 0.1) is 0 Å². The van der Waals surface area contributed by atoms with Gasteiger partial charge in [-0.1, -0.05) is 66.8 Å². The van der Waals surface area contributed by atoms with Gasteiger partial charge in [-0.25, -0.2) is 0 Å². The summed E-state index contributed by atoms with van der Waals surface area (Å²) in [6.07, 6.45) is 19.3. The molecule has 0 aliphatic heterocycles. The van der Waals surface area contributed by atoms with Crippen molar-refractivity contribution in [2.24, 2.45) is 4.99 Å². The van der Waals surface area contributed by atoms with E-state index in [9.17, 15) is 0 Å². The number of aliphatic imine (C=N–C) groups is 1. The molecular weight excluding hydrogens is 278 g/mol. The smallest absolute Gasteiger partial charge is 0.0658 e. The van der Waals surface area contributed by atoms with Gasteiger partial charge >= 0.3 is 0 Å². The summed E-state index contributed by atoms with van der Waals surface area (Å²) in [5, 5.41) is 0. The van der Waals surface area contributed by atoms with Gasteiger partial charge in [0.2, 0.25) is 0 Å². The quantitative estimate of drug-likeness (QED) is 0.588. The Bertz CT molecular complexity index is 712. The molecule has 1 aromatic rings. The van der Waals surface area contributed by atoms with Gasteiger partial charge in [0.05, 0.1) is 5.70 Å². The van der Waals surface area contributed by atoms with Gasteiger partial charge in [-0.05, 0) is 61.1 Å². The molecule has 0 N–H and O–H groups in total. The Hall–Kier alpha value is -2.41. The van der Waals surface area contributed by atoms with E-state index in [2.05, 4.69) is 60.3 Å². The van der Waals surface area contributed by atoms with Crippen molar-refractivity contribution >= 4 is 12.4 Å². The molecule has 0 atom stereocenters. The number of rotatable bonds is 5. The molecule has 1 heteroatoms. The minimum Gasteiger partial charge on any atom is -0.264 e. The molecule has 0 heterocycles. The van der Waals surface area contributed by atoms with Crippen LogP contribution in [0.1, 0.15) is 37.7 Å². The van der Waals surface area contributed by atoms with Crippen molar-refractivity contribution in [1.29, 1.82) is 0 Å². The molecule has 0 unspecified atom stereocenters. The van der Waals surface area contributed by atoms with E-state index in [1.54, 1.807) is 0 Å². The molecule has 0 bridgehead atoms. The second-order valence-corrected chi connectivity index (χ2v) is 5.94. The summed E-state index contributed by atoms with van der Waals surface area (Å²) in [7, 11) is 0. The van der Waals surface area contributed by atoms with Crippen molar-refractivity contribution in [2.45, 2.75) is 32.1 Å². The van der Waals surface area contributed by atoms with E-state index >= 15 is 0 Å². The van der Waals surface area contributed by atoms with E-state index in [1.165, 1.54) is 29.6 Å². The third kappa shape index (κ3) is 4.07. The molecule has 0 radical (unpaired) electrons. The van der Waals surface area contributed by atoms with Gasteiger partial charge in [0, 0.05) is 0 Å².